The first kappa shape index (κ1) is 16.3. The van der Waals surface area contributed by atoms with E-state index in [0.717, 1.165) is 41.8 Å². The SMILES string of the molecule is COc1cc(CCC(C)(C)CCN)c(OC)cc1Br. The lowest BCUT2D eigenvalue weighted by molar-refractivity contribution is 0.310. The topological polar surface area (TPSA) is 44.5 Å². The second kappa shape index (κ2) is 7.15. The average molecular weight is 330 g/mol. The molecule has 0 saturated carbocycles. The Morgan fingerprint density at radius 1 is 1.11 bits per heavy atom. The Morgan fingerprint density at radius 3 is 2.26 bits per heavy atom. The largest absolute Gasteiger partial charge is 0.496 e. The predicted molar refractivity (Wildman–Crippen MR) is 83.0 cm³/mol. The highest BCUT2D eigenvalue weighted by Crippen LogP contribution is 2.35. The highest BCUT2D eigenvalue weighted by Gasteiger charge is 2.18. The van der Waals surface area contributed by atoms with Gasteiger partial charge in [0.1, 0.15) is 11.5 Å². The van der Waals surface area contributed by atoms with Crippen LogP contribution in [0.3, 0.4) is 0 Å². The van der Waals surface area contributed by atoms with Crippen LogP contribution in [0.15, 0.2) is 16.6 Å². The Balaban J connectivity index is 2.87. The lowest BCUT2D eigenvalue weighted by atomic mass is 9.83. The first-order valence-electron chi connectivity index (χ1n) is 6.54. The molecule has 19 heavy (non-hydrogen) atoms. The van der Waals surface area contributed by atoms with Crippen molar-refractivity contribution in [3.63, 3.8) is 0 Å². The normalized spacial score (nSPS) is 11.5. The lowest BCUT2D eigenvalue weighted by Gasteiger charge is -2.24. The number of benzene rings is 1. The fraction of sp³-hybridized carbons (Fsp3) is 0.600. The van der Waals surface area contributed by atoms with Gasteiger partial charge in [-0.3, -0.25) is 0 Å². The van der Waals surface area contributed by atoms with Crippen LogP contribution in [0, 0.1) is 5.41 Å². The molecular weight excluding hydrogens is 306 g/mol. The van der Waals surface area contributed by atoms with Crippen molar-refractivity contribution in [1.82, 2.24) is 0 Å². The number of nitrogens with two attached hydrogens (primary N) is 1. The first-order chi connectivity index (χ1) is 8.93. The molecule has 0 fully saturated rings. The van der Waals surface area contributed by atoms with Crippen LogP contribution in [0.4, 0.5) is 0 Å². The Kier molecular flexibility index (Phi) is 6.14. The van der Waals surface area contributed by atoms with Crippen molar-refractivity contribution in [2.45, 2.75) is 33.1 Å². The quantitative estimate of drug-likeness (QED) is 0.828. The number of halogens is 1. The summed E-state index contributed by atoms with van der Waals surface area (Å²) in [5.74, 6) is 1.74. The molecule has 108 valence electrons. The van der Waals surface area contributed by atoms with Crippen molar-refractivity contribution in [3.05, 3.63) is 22.2 Å². The number of hydrogen-bond acceptors (Lipinski definition) is 3. The molecule has 0 aliphatic heterocycles. The van der Waals surface area contributed by atoms with Gasteiger partial charge in [-0.1, -0.05) is 13.8 Å². The van der Waals surface area contributed by atoms with Crippen LogP contribution in [0.25, 0.3) is 0 Å². The van der Waals surface area contributed by atoms with Crippen LogP contribution in [0.1, 0.15) is 32.3 Å². The van der Waals surface area contributed by atoms with Gasteiger partial charge in [0.25, 0.3) is 0 Å². The fourth-order valence-corrected chi connectivity index (χ4v) is 2.59. The summed E-state index contributed by atoms with van der Waals surface area (Å²) in [5, 5.41) is 0. The molecule has 0 spiro atoms. The van der Waals surface area contributed by atoms with Crippen LogP contribution < -0.4 is 15.2 Å². The molecule has 1 rings (SSSR count). The van der Waals surface area contributed by atoms with Gasteiger partial charge in [-0.2, -0.15) is 0 Å². The first-order valence-corrected chi connectivity index (χ1v) is 7.33. The van der Waals surface area contributed by atoms with Crippen molar-refractivity contribution in [2.75, 3.05) is 20.8 Å². The summed E-state index contributed by atoms with van der Waals surface area (Å²) in [5.41, 5.74) is 7.08. The number of rotatable bonds is 7. The van der Waals surface area contributed by atoms with Crippen molar-refractivity contribution in [3.8, 4) is 11.5 Å². The van der Waals surface area contributed by atoms with Gasteiger partial charge in [0.05, 0.1) is 18.7 Å². The van der Waals surface area contributed by atoms with E-state index in [1.807, 2.05) is 12.1 Å². The molecule has 0 heterocycles. The highest BCUT2D eigenvalue weighted by molar-refractivity contribution is 9.10. The number of hydrogen-bond donors (Lipinski definition) is 1. The Morgan fingerprint density at radius 2 is 1.74 bits per heavy atom. The van der Waals surface area contributed by atoms with Crippen molar-refractivity contribution >= 4 is 15.9 Å². The third kappa shape index (κ3) is 4.69. The van der Waals surface area contributed by atoms with Gasteiger partial charge < -0.3 is 15.2 Å². The summed E-state index contributed by atoms with van der Waals surface area (Å²) < 4.78 is 11.7. The maximum atomic E-state index is 5.65. The van der Waals surface area contributed by atoms with Gasteiger partial charge in [0.2, 0.25) is 0 Å². The number of methoxy groups -OCH3 is 2. The van der Waals surface area contributed by atoms with E-state index >= 15 is 0 Å². The van der Waals surface area contributed by atoms with Gasteiger partial charge in [0, 0.05) is 0 Å². The second-order valence-electron chi connectivity index (χ2n) is 5.50. The minimum absolute atomic E-state index is 0.250. The molecule has 1 aromatic carbocycles. The van der Waals surface area contributed by atoms with E-state index in [2.05, 4.69) is 29.8 Å². The maximum Gasteiger partial charge on any atom is 0.133 e. The Labute approximate surface area is 124 Å². The number of ether oxygens (including phenoxy) is 2. The van der Waals surface area contributed by atoms with E-state index in [1.165, 1.54) is 5.56 Å². The zero-order chi connectivity index (χ0) is 14.5. The summed E-state index contributed by atoms with van der Waals surface area (Å²) >= 11 is 3.48. The predicted octanol–water partition coefficient (Wildman–Crippen LogP) is 3.77. The summed E-state index contributed by atoms with van der Waals surface area (Å²) in [6.07, 6.45) is 3.06. The van der Waals surface area contributed by atoms with Gasteiger partial charge in [-0.15, -0.1) is 0 Å². The van der Waals surface area contributed by atoms with Crippen molar-refractivity contribution < 1.29 is 9.47 Å². The smallest absolute Gasteiger partial charge is 0.133 e. The molecule has 0 amide bonds. The molecule has 0 aliphatic rings. The van der Waals surface area contributed by atoms with Crippen molar-refractivity contribution in [2.24, 2.45) is 11.1 Å². The maximum absolute atomic E-state index is 5.65. The van der Waals surface area contributed by atoms with Crippen LogP contribution in [-0.2, 0) is 6.42 Å². The van der Waals surface area contributed by atoms with E-state index in [-0.39, 0.29) is 5.41 Å². The molecule has 1 aromatic rings. The molecule has 0 atom stereocenters. The fourth-order valence-electron chi connectivity index (χ4n) is 2.11. The average Bonchev–Trinajstić information content (AvgIpc) is 2.36. The van der Waals surface area contributed by atoms with Crippen LogP contribution in [0.5, 0.6) is 11.5 Å². The molecular formula is C15H24BrNO2. The van der Waals surface area contributed by atoms with E-state index in [1.54, 1.807) is 14.2 Å². The van der Waals surface area contributed by atoms with Crippen LogP contribution in [-0.4, -0.2) is 20.8 Å². The third-order valence-electron chi connectivity index (χ3n) is 3.45. The van der Waals surface area contributed by atoms with Gasteiger partial charge in [0.15, 0.2) is 0 Å². The third-order valence-corrected chi connectivity index (χ3v) is 4.07. The van der Waals surface area contributed by atoms with Gasteiger partial charge in [-0.25, -0.2) is 0 Å². The van der Waals surface area contributed by atoms with E-state index in [9.17, 15) is 0 Å². The minimum Gasteiger partial charge on any atom is -0.496 e. The van der Waals surface area contributed by atoms with Gasteiger partial charge >= 0.3 is 0 Å². The zero-order valence-electron chi connectivity index (χ0n) is 12.3. The standard InChI is InChI=1S/C15H24BrNO2/c1-15(2,7-8-17)6-5-11-9-14(19-4)12(16)10-13(11)18-3/h9-10H,5-8,17H2,1-4H3. The molecule has 0 aromatic heterocycles. The molecule has 3 nitrogen and oxygen atoms in total. The monoisotopic (exact) mass is 329 g/mol. The zero-order valence-corrected chi connectivity index (χ0v) is 13.8. The molecule has 0 bridgehead atoms. The van der Waals surface area contributed by atoms with E-state index in [4.69, 9.17) is 15.2 Å². The van der Waals surface area contributed by atoms with E-state index < -0.39 is 0 Å². The lowest BCUT2D eigenvalue weighted by Crippen LogP contribution is -2.18. The van der Waals surface area contributed by atoms with Crippen molar-refractivity contribution in [1.29, 1.82) is 0 Å². The molecule has 4 heteroatoms. The summed E-state index contributed by atoms with van der Waals surface area (Å²) in [4.78, 5) is 0. The molecule has 0 unspecified atom stereocenters. The number of aryl methyl sites for hydroxylation is 1. The second-order valence-corrected chi connectivity index (χ2v) is 6.36. The Hall–Kier alpha value is -0.740. The highest BCUT2D eigenvalue weighted by atomic mass is 79.9. The van der Waals surface area contributed by atoms with E-state index in [0.29, 0.717) is 0 Å². The molecule has 0 saturated heterocycles. The minimum atomic E-state index is 0.250. The van der Waals surface area contributed by atoms with Crippen LogP contribution in [0.2, 0.25) is 0 Å². The summed E-state index contributed by atoms with van der Waals surface area (Å²) in [7, 11) is 3.37. The molecule has 0 radical (unpaired) electrons. The summed E-state index contributed by atoms with van der Waals surface area (Å²) in [6, 6.07) is 4.01. The molecule has 0 aliphatic carbocycles. The Bertz CT molecular complexity index is 419. The van der Waals surface area contributed by atoms with Gasteiger partial charge in [-0.05, 0) is 64.8 Å². The van der Waals surface area contributed by atoms with Crippen LogP contribution >= 0.6 is 15.9 Å². The molecule has 2 N–H and O–H groups in total. The summed E-state index contributed by atoms with van der Waals surface area (Å²) in [6.45, 7) is 5.23.